The standard InChI is InChI=1S/C15H18N2O3/c1-2-19-12-7-5-11(6-8-12)13(10-16)17-15(18)14-4-3-9-20-14/h5-8,13-14H,2-4,9H2,1H3,(H,17,18). The van der Waals surface area contributed by atoms with Gasteiger partial charge in [0.25, 0.3) is 0 Å². The molecular weight excluding hydrogens is 256 g/mol. The predicted octanol–water partition coefficient (Wildman–Crippen LogP) is 1.95. The highest BCUT2D eigenvalue weighted by molar-refractivity contribution is 5.81. The van der Waals surface area contributed by atoms with Gasteiger partial charge in [-0.05, 0) is 37.5 Å². The van der Waals surface area contributed by atoms with Gasteiger partial charge in [0.15, 0.2) is 0 Å². The zero-order chi connectivity index (χ0) is 14.4. The minimum Gasteiger partial charge on any atom is -0.494 e. The molecule has 5 nitrogen and oxygen atoms in total. The summed E-state index contributed by atoms with van der Waals surface area (Å²) in [6, 6.07) is 8.59. The van der Waals surface area contributed by atoms with Crippen LogP contribution < -0.4 is 10.1 Å². The summed E-state index contributed by atoms with van der Waals surface area (Å²) < 4.78 is 10.7. The van der Waals surface area contributed by atoms with Crippen LogP contribution in [0.15, 0.2) is 24.3 Å². The number of hydrogen-bond acceptors (Lipinski definition) is 4. The van der Waals surface area contributed by atoms with Crippen molar-refractivity contribution in [2.24, 2.45) is 0 Å². The van der Waals surface area contributed by atoms with Crippen molar-refractivity contribution in [3.8, 4) is 11.8 Å². The molecule has 5 heteroatoms. The highest BCUT2D eigenvalue weighted by Gasteiger charge is 2.26. The van der Waals surface area contributed by atoms with E-state index in [9.17, 15) is 10.1 Å². The van der Waals surface area contributed by atoms with Crippen molar-refractivity contribution in [2.75, 3.05) is 13.2 Å². The number of hydrogen-bond donors (Lipinski definition) is 1. The molecule has 1 aromatic carbocycles. The van der Waals surface area contributed by atoms with E-state index in [0.29, 0.717) is 19.6 Å². The first kappa shape index (κ1) is 14.4. The third-order valence-corrected chi connectivity index (χ3v) is 3.16. The van der Waals surface area contributed by atoms with Gasteiger partial charge in [0.1, 0.15) is 17.9 Å². The molecule has 0 spiro atoms. The number of amides is 1. The first-order valence-electron chi connectivity index (χ1n) is 6.79. The monoisotopic (exact) mass is 274 g/mol. The van der Waals surface area contributed by atoms with E-state index in [4.69, 9.17) is 9.47 Å². The Hall–Kier alpha value is -2.06. The molecule has 2 unspecified atom stereocenters. The zero-order valence-corrected chi connectivity index (χ0v) is 11.5. The van der Waals surface area contributed by atoms with Crippen LogP contribution in [0.1, 0.15) is 31.4 Å². The van der Waals surface area contributed by atoms with Crippen molar-refractivity contribution < 1.29 is 14.3 Å². The fourth-order valence-corrected chi connectivity index (χ4v) is 2.13. The third kappa shape index (κ3) is 3.49. The third-order valence-electron chi connectivity index (χ3n) is 3.16. The van der Waals surface area contributed by atoms with E-state index in [1.54, 1.807) is 24.3 Å². The largest absolute Gasteiger partial charge is 0.494 e. The number of carbonyl (C=O) groups excluding carboxylic acids is 1. The Labute approximate surface area is 118 Å². The van der Waals surface area contributed by atoms with Gasteiger partial charge in [-0.15, -0.1) is 0 Å². The lowest BCUT2D eigenvalue weighted by molar-refractivity contribution is -0.130. The number of rotatable bonds is 5. The summed E-state index contributed by atoms with van der Waals surface area (Å²) in [5.41, 5.74) is 0.738. The van der Waals surface area contributed by atoms with Gasteiger partial charge in [0.05, 0.1) is 12.7 Å². The number of benzene rings is 1. The van der Waals surface area contributed by atoms with Crippen LogP contribution >= 0.6 is 0 Å². The highest BCUT2D eigenvalue weighted by Crippen LogP contribution is 2.19. The van der Waals surface area contributed by atoms with Crippen molar-refractivity contribution in [2.45, 2.75) is 31.9 Å². The Kier molecular flexibility index (Phi) is 4.97. The summed E-state index contributed by atoms with van der Waals surface area (Å²) in [6.45, 7) is 3.11. The van der Waals surface area contributed by atoms with Crippen LogP contribution in [0, 0.1) is 11.3 Å². The number of nitrogens with zero attached hydrogens (tertiary/aromatic N) is 1. The summed E-state index contributed by atoms with van der Waals surface area (Å²) in [4.78, 5) is 11.9. The van der Waals surface area contributed by atoms with Gasteiger partial charge in [-0.25, -0.2) is 0 Å². The van der Waals surface area contributed by atoms with E-state index < -0.39 is 12.1 Å². The molecule has 0 saturated carbocycles. The Bertz CT molecular complexity index is 487. The quantitative estimate of drug-likeness (QED) is 0.890. The fraction of sp³-hybridized carbons (Fsp3) is 0.467. The van der Waals surface area contributed by atoms with Gasteiger partial charge in [0.2, 0.25) is 5.91 Å². The van der Waals surface area contributed by atoms with Gasteiger partial charge in [0, 0.05) is 6.61 Å². The van der Waals surface area contributed by atoms with Crippen LogP contribution in [-0.4, -0.2) is 25.2 Å². The van der Waals surface area contributed by atoms with Crippen molar-refractivity contribution >= 4 is 5.91 Å². The minimum atomic E-state index is -0.664. The smallest absolute Gasteiger partial charge is 0.250 e. The Balaban J connectivity index is 2.00. The Morgan fingerprint density at radius 1 is 1.55 bits per heavy atom. The van der Waals surface area contributed by atoms with E-state index in [1.807, 2.05) is 6.92 Å². The van der Waals surface area contributed by atoms with Crippen molar-refractivity contribution in [1.82, 2.24) is 5.32 Å². The van der Waals surface area contributed by atoms with E-state index in [1.165, 1.54) is 0 Å². The number of nitrogens with one attached hydrogen (secondary N) is 1. The molecule has 0 radical (unpaired) electrons. The average molecular weight is 274 g/mol. The normalized spacial score (nSPS) is 19.1. The van der Waals surface area contributed by atoms with Crippen LogP contribution in [0.4, 0.5) is 0 Å². The molecule has 1 aromatic rings. The fourth-order valence-electron chi connectivity index (χ4n) is 2.13. The second-order valence-electron chi connectivity index (χ2n) is 4.57. The lowest BCUT2D eigenvalue weighted by Gasteiger charge is -2.15. The molecule has 2 rings (SSSR count). The van der Waals surface area contributed by atoms with E-state index in [-0.39, 0.29) is 5.91 Å². The van der Waals surface area contributed by atoms with Gasteiger partial charge in [-0.2, -0.15) is 5.26 Å². The van der Waals surface area contributed by atoms with E-state index in [2.05, 4.69) is 11.4 Å². The molecule has 106 valence electrons. The molecule has 1 heterocycles. The number of nitriles is 1. The molecule has 0 aliphatic carbocycles. The van der Waals surface area contributed by atoms with Gasteiger partial charge in [-0.3, -0.25) is 4.79 Å². The molecule has 0 bridgehead atoms. The number of ether oxygens (including phenoxy) is 2. The topological polar surface area (TPSA) is 71.3 Å². The summed E-state index contributed by atoms with van der Waals surface area (Å²) in [7, 11) is 0. The average Bonchev–Trinajstić information content (AvgIpc) is 3.00. The van der Waals surface area contributed by atoms with Crippen LogP contribution in [0.2, 0.25) is 0 Å². The molecule has 1 N–H and O–H groups in total. The van der Waals surface area contributed by atoms with Crippen molar-refractivity contribution in [1.29, 1.82) is 5.26 Å². The van der Waals surface area contributed by atoms with Crippen LogP contribution in [-0.2, 0) is 9.53 Å². The van der Waals surface area contributed by atoms with Crippen LogP contribution in [0.3, 0.4) is 0 Å². The van der Waals surface area contributed by atoms with Crippen molar-refractivity contribution in [3.63, 3.8) is 0 Å². The number of carbonyl (C=O) groups is 1. The molecule has 0 aromatic heterocycles. The molecule has 1 aliphatic heterocycles. The maximum absolute atomic E-state index is 11.9. The predicted molar refractivity (Wildman–Crippen MR) is 73.1 cm³/mol. The summed E-state index contributed by atoms with van der Waals surface area (Å²) in [5.74, 6) is 0.529. The maximum atomic E-state index is 11.9. The Morgan fingerprint density at radius 2 is 2.30 bits per heavy atom. The van der Waals surface area contributed by atoms with Crippen LogP contribution in [0.25, 0.3) is 0 Å². The van der Waals surface area contributed by atoms with Crippen LogP contribution in [0.5, 0.6) is 5.75 Å². The van der Waals surface area contributed by atoms with E-state index in [0.717, 1.165) is 17.7 Å². The first-order valence-corrected chi connectivity index (χ1v) is 6.79. The minimum absolute atomic E-state index is 0.220. The molecule has 1 amide bonds. The maximum Gasteiger partial charge on any atom is 0.250 e. The van der Waals surface area contributed by atoms with E-state index >= 15 is 0 Å². The lowest BCUT2D eigenvalue weighted by atomic mass is 10.1. The first-order chi connectivity index (χ1) is 9.74. The molecule has 2 atom stereocenters. The summed E-state index contributed by atoms with van der Waals surface area (Å²) in [6.07, 6.45) is 1.18. The SMILES string of the molecule is CCOc1ccc(C(C#N)NC(=O)C2CCCO2)cc1. The second kappa shape index (κ2) is 6.92. The zero-order valence-electron chi connectivity index (χ0n) is 11.5. The van der Waals surface area contributed by atoms with Gasteiger partial charge in [-0.1, -0.05) is 12.1 Å². The highest BCUT2D eigenvalue weighted by atomic mass is 16.5. The summed E-state index contributed by atoms with van der Waals surface area (Å²) in [5, 5.41) is 11.9. The second-order valence-corrected chi connectivity index (χ2v) is 4.57. The molecular formula is C15H18N2O3. The molecule has 1 aliphatic rings. The lowest BCUT2D eigenvalue weighted by Crippen LogP contribution is -2.36. The Morgan fingerprint density at radius 3 is 2.85 bits per heavy atom. The molecule has 1 saturated heterocycles. The van der Waals surface area contributed by atoms with Gasteiger partial charge < -0.3 is 14.8 Å². The van der Waals surface area contributed by atoms with Gasteiger partial charge >= 0.3 is 0 Å². The van der Waals surface area contributed by atoms with Crippen molar-refractivity contribution in [3.05, 3.63) is 29.8 Å². The molecule has 20 heavy (non-hydrogen) atoms. The summed E-state index contributed by atoms with van der Waals surface area (Å²) >= 11 is 0. The molecule has 1 fully saturated rings.